The predicted octanol–water partition coefficient (Wildman–Crippen LogP) is 2.68. The second kappa shape index (κ2) is 6.67. The SMILES string of the molecule is CCOC(CC)C(O)Cc1ccc(F)cc1F. The van der Waals surface area contributed by atoms with Crippen LogP contribution in [-0.4, -0.2) is 23.9 Å². The first-order valence-electron chi connectivity index (χ1n) is 5.82. The van der Waals surface area contributed by atoms with Crippen molar-refractivity contribution in [3.05, 3.63) is 35.4 Å². The van der Waals surface area contributed by atoms with E-state index in [9.17, 15) is 13.9 Å². The normalized spacial score (nSPS) is 14.6. The summed E-state index contributed by atoms with van der Waals surface area (Å²) in [5.74, 6) is -1.24. The molecular formula is C13H18F2O2. The molecule has 2 atom stereocenters. The first kappa shape index (κ1) is 14.1. The van der Waals surface area contributed by atoms with Crippen molar-refractivity contribution in [3.63, 3.8) is 0 Å². The van der Waals surface area contributed by atoms with Crippen LogP contribution in [0.15, 0.2) is 18.2 Å². The van der Waals surface area contributed by atoms with Gasteiger partial charge in [-0.25, -0.2) is 8.78 Å². The molecule has 1 rings (SSSR count). The molecule has 0 spiro atoms. The van der Waals surface area contributed by atoms with Gasteiger partial charge in [0, 0.05) is 19.1 Å². The van der Waals surface area contributed by atoms with Crippen molar-refractivity contribution in [1.82, 2.24) is 0 Å². The summed E-state index contributed by atoms with van der Waals surface area (Å²) in [6, 6.07) is 3.36. The van der Waals surface area contributed by atoms with Gasteiger partial charge in [0.2, 0.25) is 0 Å². The Hall–Kier alpha value is -1.00. The third-order valence-electron chi connectivity index (χ3n) is 2.66. The van der Waals surface area contributed by atoms with Crippen LogP contribution in [0, 0.1) is 11.6 Å². The summed E-state index contributed by atoms with van der Waals surface area (Å²) in [7, 11) is 0. The van der Waals surface area contributed by atoms with Crippen LogP contribution in [-0.2, 0) is 11.2 Å². The van der Waals surface area contributed by atoms with Gasteiger partial charge in [0.15, 0.2) is 0 Å². The van der Waals surface area contributed by atoms with Gasteiger partial charge >= 0.3 is 0 Å². The van der Waals surface area contributed by atoms with E-state index in [1.54, 1.807) is 0 Å². The summed E-state index contributed by atoms with van der Waals surface area (Å²) < 4.78 is 31.4. The van der Waals surface area contributed by atoms with E-state index in [0.717, 1.165) is 6.07 Å². The number of halogens is 2. The van der Waals surface area contributed by atoms with Gasteiger partial charge in [-0.05, 0) is 25.0 Å². The first-order valence-corrected chi connectivity index (χ1v) is 5.82. The predicted molar refractivity (Wildman–Crippen MR) is 61.8 cm³/mol. The van der Waals surface area contributed by atoms with Crippen LogP contribution in [0.3, 0.4) is 0 Å². The molecule has 0 radical (unpaired) electrons. The Morgan fingerprint density at radius 2 is 2.00 bits per heavy atom. The van der Waals surface area contributed by atoms with Crippen LogP contribution in [0.25, 0.3) is 0 Å². The van der Waals surface area contributed by atoms with E-state index in [0.29, 0.717) is 18.6 Å². The minimum absolute atomic E-state index is 0.130. The lowest BCUT2D eigenvalue weighted by molar-refractivity contribution is -0.0337. The zero-order chi connectivity index (χ0) is 12.8. The van der Waals surface area contributed by atoms with Gasteiger partial charge in [-0.2, -0.15) is 0 Å². The Kier molecular flexibility index (Phi) is 5.51. The second-order valence-electron chi connectivity index (χ2n) is 3.91. The summed E-state index contributed by atoms with van der Waals surface area (Å²) >= 11 is 0. The minimum atomic E-state index is -0.778. The fourth-order valence-corrected chi connectivity index (χ4v) is 1.76. The van der Waals surface area contributed by atoms with Gasteiger partial charge in [0.05, 0.1) is 12.2 Å². The number of ether oxygens (including phenoxy) is 1. The molecule has 2 nitrogen and oxygen atoms in total. The van der Waals surface area contributed by atoms with Gasteiger partial charge < -0.3 is 9.84 Å². The van der Waals surface area contributed by atoms with Crippen LogP contribution in [0.2, 0.25) is 0 Å². The number of rotatable bonds is 6. The fourth-order valence-electron chi connectivity index (χ4n) is 1.76. The lowest BCUT2D eigenvalue weighted by atomic mass is 10.0. The maximum absolute atomic E-state index is 13.4. The zero-order valence-electron chi connectivity index (χ0n) is 10.1. The van der Waals surface area contributed by atoms with E-state index >= 15 is 0 Å². The van der Waals surface area contributed by atoms with Crippen LogP contribution in [0.1, 0.15) is 25.8 Å². The monoisotopic (exact) mass is 244 g/mol. The van der Waals surface area contributed by atoms with Crippen LogP contribution in [0.4, 0.5) is 8.78 Å². The smallest absolute Gasteiger partial charge is 0.129 e. The highest BCUT2D eigenvalue weighted by atomic mass is 19.1. The van der Waals surface area contributed by atoms with E-state index in [2.05, 4.69) is 0 Å². The molecule has 0 aliphatic carbocycles. The largest absolute Gasteiger partial charge is 0.390 e. The zero-order valence-corrected chi connectivity index (χ0v) is 10.1. The molecule has 0 saturated carbocycles. The average molecular weight is 244 g/mol. The van der Waals surface area contributed by atoms with E-state index in [1.165, 1.54) is 12.1 Å². The van der Waals surface area contributed by atoms with Gasteiger partial charge in [0.1, 0.15) is 11.6 Å². The third-order valence-corrected chi connectivity index (χ3v) is 2.66. The summed E-state index contributed by atoms with van der Waals surface area (Å²) in [6.45, 7) is 4.24. The number of benzene rings is 1. The molecule has 0 saturated heterocycles. The highest BCUT2D eigenvalue weighted by molar-refractivity contribution is 5.19. The molecule has 0 bridgehead atoms. The van der Waals surface area contributed by atoms with Crippen LogP contribution >= 0.6 is 0 Å². The summed E-state index contributed by atoms with van der Waals surface area (Å²) in [5, 5.41) is 9.90. The Morgan fingerprint density at radius 3 is 2.53 bits per heavy atom. The quantitative estimate of drug-likeness (QED) is 0.833. The van der Waals surface area contributed by atoms with Crippen molar-refractivity contribution in [2.24, 2.45) is 0 Å². The average Bonchev–Trinajstić information content (AvgIpc) is 2.29. The standard InChI is InChI=1S/C13H18F2O2/c1-3-13(17-4-2)12(16)7-9-5-6-10(14)8-11(9)15/h5-6,8,12-13,16H,3-4,7H2,1-2H3. The van der Waals surface area contributed by atoms with Gasteiger partial charge in [-0.15, -0.1) is 0 Å². The molecule has 1 aromatic rings. The Labute approximate surface area is 100 Å². The molecule has 4 heteroatoms. The van der Waals surface area contributed by atoms with Gasteiger partial charge in [0.25, 0.3) is 0 Å². The van der Waals surface area contributed by atoms with Gasteiger partial charge in [-0.3, -0.25) is 0 Å². The molecule has 0 aliphatic heterocycles. The number of aliphatic hydroxyl groups is 1. The summed E-state index contributed by atoms with van der Waals surface area (Å²) in [6.07, 6.45) is -0.313. The topological polar surface area (TPSA) is 29.5 Å². The van der Waals surface area contributed by atoms with Gasteiger partial charge in [-0.1, -0.05) is 13.0 Å². The first-order chi connectivity index (χ1) is 8.08. The van der Waals surface area contributed by atoms with Crippen molar-refractivity contribution < 1.29 is 18.6 Å². The number of hydrogen-bond acceptors (Lipinski definition) is 2. The van der Waals surface area contributed by atoms with Crippen molar-refractivity contribution in [2.75, 3.05) is 6.61 Å². The van der Waals surface area contributed by atoms with Crippen LogP contribution < -0.4 is 0 Å². The maximum Gasteiger partial charge on any atom is 0.129 e. The minimum Gasteiger partial charge on any atom is -0.390 e. The fraction of sp³-hybridized carbons (Fsp3) is 0.538. The summed E-state index contributed by atoms with van der Waals surface area (Å²) in [4.78, 5) is 0. The molecule has 1 N–H and O–H groups in total. The van der Waals surface area contributed by atoms with Crippen LogP contribution in [0.5, 0.6) is 0 Å². The van der Waals surface area contributed by atoms with E-state index in [1.807, 2.05) is 13.8 Å². The van der Waals surface area contributed by atoms with Crippen molar-refractivity contribution in [2.45, 2.75) is 38.9 Å². The highest BCUT2D eigenvalue weighted by Crippen LogP contribution is 2.15. The Bertz CT molecular complexity index is 355. The molecule has 0 fully saturated rings. The molecule has 0 heterocycles. The van der Waals surface area contributed by atoms with E-state index < -0.39 is 17.7 Å². The molecule has 0 amide bonds. The third kappa shape index (κ3) is 4.06. The summed E-state index contributed by atoms with van der Waals surface area (Å²) in [5.41, 5.74) is 0.303. The maximum atomic E-state index is 13.4. The molecule has 0 aromatic heterocycles. The molecule has 96 valence electrons. The van der Waals surface area contributed by atoms with E-state index in [-0.39, 0.29) is 12.5 Å². The molecule has 0 aliphatic rings. The van der Waals surface area contributed by atoms with Crippen molar-refractivity contribution in [3.8, 4) is 0 Å². The molecule has 2 unspecified atom stereocenters. The lowest BCUT2D eigenvalue weighted by Crippen LogP contribution is -2.30. The van der Waals surface area contributed by atoms with E-state index in [4.69, 9.17) is 4.74 Å². The number of hydrogen-bond donors (Lipinski definition) is 1. The molecule has 1 aromatic carbocycles. The molecular weight excluding hydrogens is 226 g/mol. The second-order valence-corrected chi connectivity index (χ2v) is 3.91. The van der Waals surface area contributed by atoms with Crippen molar-refractivity contribution in [1.29, 1.82) is 0 Å². The Balaban J connectivity index is 2.69. The van der Waals surface area contributed by atoms with Crippen molar-refractivity contribution >= 4 is 0 Å². The highest BCUT2D eigenvalue weighted by Gasteiger charge is 2.19. The number of aliphatic hydroxyl groups excluding tert-OH is 1. The Morgan fingerprint density at radius 1 is 1.29 bits per heavy atom. The molecule has 17 heavy (non-hydrogen) atoms. The lowest BCUT2D eigenvalue weighted by Gasteiger charge is -2.21.